The largest absolute Gasteiger partial charge is 0.351 e. The number of benzene rings is 1. The monoisotopic (exact) mass is 292 g/mol. The number of nitrogens with two attached hydrogens (primary N) is 1. The first kappa shape index (κ1) is 14.7. The maximum Gasteiger partial charge on any atom is 0.261 e. The zero-order valence-electron chi connectivity index (χ0n) is 11.2. The first-order valence-electron chi connectivity index (χ1n) is 6.46. The van der Waals surface area contributed by atoms with Gasteiger partial charge in [-0.3, -0.25) is 4.79 Å². The fraction of sp³-hybridized carbons (Fsp3) is 0.267. The third kappa shape index (κ3) is 3.88. The quantitative estimate of drug-likeness (QED) is 0.890. The number of hydrogen-bond donors (Lipinski definition) is 2. The fourth-order valence-electron chi connectivity index (χ4n) is 1.73. The molecule has 0 spiro atoms. The number of halogens is 1. The topological polar surface area (TPSA) is 55.1 Å². The Hall–Kier alpha value is -1.72. The van der Waals surface area contributed by atoms with Gasteiger partial charge in [0.1, 0.15) is 5.82 Å². The van der Waals surface area contributed by atoms with Crippen LogP contribution in [0.5, 0.6) is 0 Å². The molecule has 5 heteroatoms. The normalized spacial score (nSPS) is 12.2. The van der Waals surface area contributed by atoms with Gasteiger partial charge in [-0.2, -0.15) is 0 Å². The van der Waals surface area contributed by atoms with E-state index >= 15 is 0 Å². The van der Waals surface area contributed by atoms with Gasteiger partial charge >= 0.3 is 0 Å². The van der Waals surface area contributed by atoms with E-state index in [0.717, 1.165) is 16.9 Å². The van der Waals surface area contributed by atoms with Crippen molar-refractivity contribution >= 4 is 17.2 Å². The number of thiophene rings is 1. The van der Waals surface area contributed by atoms with E-state index < -0.39 is 0 Å². The molecule has 1 heterocycles. The Morgan fingerprint density at radius 1 is 1.30 bits per heavy atom. The molecule has 0 radical (unpaired) electrons. The van der Waals surface area contributed by atoms with E-state index in [4.69, 9.17) is 5.73 Å². The van der Waals surface area contributed by atoms with Crippen LogP contribution in [-0.2, 0) is 0 Å². The van der Waals surface area contributed by atoms with Crippen LogP contribution in [0.25, 0.3) is 10.4 Å². The van der Waals surface area contributed by atoms with Crippen LogP contribution >= 0.6 is 11.3 Å². The molecule has 0 aliphatic rings. The van der Waals surface area contributed by atoms with Gasteiger partial charge in [0.15, 0.2) is 0 Å². The highest BCUT2D eigenvalue weighted by Gasteiger charge is 2.10. The van der Waals surface area contributed by atoms with E-state index in [1.807, 2.05) is 13.0 Å². The second kappa shape index (κ2) is 6.63. The van der Waals surface area contributed by atoms with Crippen molar-refractivity contribution in [2.24, 2.45) is 5.73 Å². The number of carbonyl (C=O) groups is 1. The lowest BCUT2D eigenvalue weighted by Crippen LogP contribution is -2.28. The van der Waals surface area contributed by atoms with Crippen molar-refractivity contribution in [3.8, 4) is 10.4 Å². The molecule has 1 aromatic carbocycles. The van der Waals surface area contributed by atoms with Gasteiger partial charge < -0.3 is 11.1 Å². The fourth-order valence-corrected chi connectivity index (χ4v) is 2.66. The number of hydrogen-bond acceptors (Lipinski definition) is 3. The van der Waals surface area contributed by atoms with Gasteiger partial charge in [0, 0.05) is 17.5 Å². The summed E-state index contributed by atoms with van der Waals surface area (Å²) in [4.78, 5) is 13.5. The van der Waals surface area contributed by atoms with E-state index in [1.54, 1.807) is 18.2 Å². The summed E-state index contributed by atoms with van der Waals surface area (Å²) in [6.07, 6.45) is 0.752. The minimum absolute atomic E-state index is 0.0772. The van der Waals surface area contributed by atoms with Gasteiger partial charge in [0.2, 0.25) is 0 Å². The summed E-state index contributed by atoms with van der Waals surface area (Å²) in [5.74, 6) is -0.358. The summed E-state index contributed by atoms with van der Waals surface area (Å²) in [7, 11) is 0. The Morgan fingerprint density at radius 3 is 2.65 bits per heavy atom. The van der Waals surface area contributed by atoms with Crippen molar-refractivity contribution in [3.63, 3.8) is 0 Å². The zero-order chi connectivity index (χ0) is 14.5. The van der Waals surface area contributed by atoms with E-state index in [-0.39, 0.29) is 17.8 Å². The molecule has 0 saturated carbocycles. The molecular weight excluding hydrogens is 275 g/mol. The summed E-state index contributed by atoms with van der Waals surface area (Å²) in [5.41, 5.74) is 6.54. The molecule has 3 nitrogen and oxygen atoms in total. The Kier molecular flexibility index (Phi) is 4.87. The number of rotatable bonds is 5. The van der Waals surface area contributed by atoms with Crippen LogP contribution in [0.15, 0.2) is 36.4 Å². The van der Waals surface area contributed by atoms with E-state index in [0.29, 0.717) is 11.4 Å². The molecule has 0 saturated heterocycles. The maximum absolute atomic E-state index is 12.9. The average Bonchev–Trinajstić information content (AvgIpc) is 2.88. The minimum Gasteiger partial charge on any atom is -0.351 e. The smallest absolute Gasteiger partial charge is 0.261 e. The Bertz CT molecular complexity index is 578. The maximum atomic E-state index is 12.9. The summed E-state index contributed by atoms with van der Waals surface area (Å²) in [6, 6.07) is 9.98. The van der Waals surface area contributed by atoms with Crippen molar-refractivity contribution < 1.29 is 9.18 Å². The zero-order valence-corrected chi connectivity index (χ0v) is 12.0. The lowest BCUT2D eigenvalue weighted by atomic mass is 10.2. The predicted octanol–water partition coefficient (Wildman–Crippen LogP) is 3.02. The van der Waals surface area contributed by atoms with Gasteiger partial charge in [0.05, 0.1) is 4.88 Å². The van der Waals surface area contributed by atoms with Crippen LogP contribution in [0.3, 0.4) is 0 Å². The molecule has 0 aliphatic carbocycles. The summed E-state index contributed by atoms with van der Waals surface area (Å²) in [5, 5.41) is 2.84. The van der Waals surface area contributed by atoms with Crippen molar-refractivity contribution in [1.29, 1.82) is 0 Å². The highest BCUT2D eigenvalue weighted by atomic mass is 32.1. The average molecular weight is 292 g/mol. The van der Waals surface area contributed by atoms with Crippen LogP contribution in [0, 0.1) is 5.82 Å². The molecule has 1 unspecified atom stereocenters. The Balaban J connectivity index is 2.01. The van der Waals surface area contributed by atoms with Crippen LogP contribution < -0.4 is 11.1 Å². The van der Waals surface area contributed by atoms with Gasteiger partial charge in [-0.25, -0.2) is 4.39 Å². The molecule has 20 heavy (non-hydrogen) atoms. The molecule has 1 aromatic heterocycles. The third-order valence-corrected chi connectivity index (χ3v) is 3.98. The van der Waals surface area contributed by atoms with Gasteiger partial charge in [-0.15, -0.1) is 11.3 Å². The van der Waals surface area contributed by atoms with Crippen molar-refractivity contribution in [1.82, 2.24) is 5.32 Å². The molecular formula is C15H17FN2OS. The standard InChI is InChI=1S/C15H17FN2OS/c1-10(17)8-9-18-15(19)14-7-6-13(20-14)11-2-4-12(16)5-3-11/h2-7,10H,8-9,17H2,1H3,(H,18,19). The van der Waals surface area contributed by atoms with Gasteiger partial charge in [-0.1, -0.05) is 12.1 Å². The lowest BCUT2D eigenvalue weighted by molar-refractivity contribution is 0.0957. The van der Waals surface area contributed by atoms with Gasteiger partial charge in [-0.05, 0) is 43.2 Å². The summed E-state index contributed by atoms with van der Waals surface area (Å²) < 4.78 is 12.9. The molecule has 2 rings (SSSR count). The molecule has 0 aliphatic heterocycles. The first-order chi connectivity index (χ1) is 9.56. The molecule has 0 fully saturated rings. The van der Waals surface area contributed by atoms with Crippen LogP contribution in [0.2, 0.25) is 0 Å². The molecule has 106 valence electrons. The van der Waals surface area contributed by atoms with E-state index in [9.17, 15) is 9.18 Å². The second-order valence-electron chi connectivity index (χ2n) is 4.69. The molecule has 0 bridgehead atoms. The van der Waals surface area contributed by atoms with Crippen molar-refractivity contribution in [2.75, 3.05) is 6.54 Å². The number of nitrogens with one attached hydrogen (secondary N) is 1. The van der Waals surface area contributed by atoms with Crippen molar-refractivity contribution in [2.45, 2.75) is 19.4 Å². The predicted molar refractivity (Wildman–Crippen MR) is 80.3 cm³/mol. The second-order valence-corrected chi connectivity index (χ2v) is 5.78. The summed E-state index contributed by atoms with van der Waals surface area (Å²) >= 11 is 1.39. The highest BCUT2D eigenvalue weighted by Crippen LogP contribution is 2.28. The number of amides is 1. The summed E-state index contributed by atoms with van der Waals surface area (Å²) in [6.45, 7) is 2.48. The Morgan fingerprint density at radius 2 is 2.00 bits per heavy atom. The van der Waals surface area contributed by atoms with Crippen LogP contribution in [0.1, 0.15) is 23.0 Å². The molecule has 1 atom stereocenters. The number of carbonyl (C=O) groups excluding carboxylic acids is 1. The molecule has 1 amide bonds. The van der Waals surface area contributed by atoms with Crippen LogP contribution in [-0.4, -0.2) is 18.5 Å². The van der Waals surface area contributed by atoms with Gasteiger partial charge in [0.25, 0.3) is 5.91 Å². The minimum atomic E-state index is -0.265. The lowest BCUT2D eigenvalue weighted by Gasteiger charge is -2.05. The molecule has 2 aromatic rings. The third-order valence-electron chi connectivity index (χ3n) is 2.84. The van der Waals surface area contributed by atoms with E-state index in [2.05, 4.69) is 5.32 Å². The Labute approximate surface area is 121 Å². The van der Waals surface area contributed by atoms with Crippen molar-refractivity contribution in [3.05, 3.63) is 47.1 Å². The van der Waals surface area contributed by atoms with E-state index in [1.165, 1.54) is 23.5 Å². The molecule has 3 N–H and O–H groups in total. The SMILES string of the molecule is CC(N)CCNC(=O)c1ccc(-c2ccc(F)cc2)s1. The first-order valence-corrected chi connectivity index (χ1v) is 7.27. The highest BCUT2D eigenvalue weighted by molar-refractivity contribution is 7.17. The van der Waals surface area contributed by atoms with Crippen LogP contribution in [0.4, 0.5) is 4.39 Å².